The van der Waals surface area contributed by atoms with Crippen molar-refractivity contribution in [1.82, 2.24) is 4.90 Å². The fraction of sp³-hybridized carbons (Fsp3) is 0.667. The van der Waals surface area contributed by atoms with Gasteiger partial charge in [-0.15, -0.1) is 0 Å². The molecule has 1 saturated heterocycles. The van der Waals surface area contributed by atoms with Crippen molar-refractivity contribution >= 4 is 0 Å². The maximum Gasteiger partial charge on any atom is 0.416 e. The van der Waals surface area contributed by atoms with Crippen molar-refractivity contribution < 1.29 is 13.2 Å². The first kappa shape index (κ1) is 21.2. The first-order valence-corrected chi connectivity index (χ1v) is 11.1. The van der Waals surface area contributed by atoms with E-state index in [-0.39, 0.29) is 29.9 Å². The van der Waals surface area contributed by atoms with E-state index in [0.717, 1.165) is 44.6 Å². The minimum Gasteiger partial charge on any atom is -0.262 e. The summed E-state index contributed by atoms with van der Waals surface area (Å²) in [5.74, 6) is 0.414. The molecule has 0 radical (unpaired) electrons. The lowest BCUT2D eigenvalue weighted by Gasteiger charge is -2.64. The van der Waals surface area contributed by atoms with Gasteiger partial charge in [-0.2, -0.15) is 23.7 Å². The number of piperidine rings is 1. The third-order valence-corrected chi connectivity index (χ3v) is 8.14. The number of rotatable bonds is 2. The zero-order valence-electron chi connectivity index (χ0n) is 17.4. The average Bonchev–Trinajstić information content (AvgIpc) is 2.76. The number of likely N-dealkylation sites (tertiary alicyclic amines) is 1. The summed E-state index contributed by atoms with van der Waals surface area (Å²) in [5, 5.41) is 20.9. The monoisotopic (exact) mass is 415 g/mol. The molecule has 1 aliphatic heterocycles. The van der Waals surface area contributed by atoms with Crippen LogP contribution in [0.3, 0.4) is 0 Å². The molecule has 0 spiro atoms. The lowest BCUT2D eigenvalue weighted by atomic mass is 9.52. The molecule has 2 aliphatic carbocycles. The van der Waals surface area contributed by atoms with E-state index in [4.69, 9.17) is 0 Å². The predicted octanol–water partition coefficient (Wildman–Crippen LogP) is 6.06. The first-order chi connectivity index (χ1) is 14.3. The van der Waals surface area contributed by atoms with E-state index in [0.29, 0.717) is 12.8 Å². The number of fused-ring (bicyclic) bond motifs is 2. The number of hydrogen-bond acceptors (Lipinski definition) is 3. The highest BCUT2D eigenvalue weighted by Gasteiger charge is 2.64. The van der Waals surface area contributed by atoms with Crippen molar-refractivity contribution in [2.75, 3.05) is 0 Å². The highest BCUT2D eigenvalue weighted by atomic mass is 19.4. The SMILES string of the molecule is CC1[C@@H]2CCCC[C@]2(C#N)N(Cc2ccccc2C(F)(F)F)[C@@]2(C#N)CCCC[C@@H]12. The van der Waals surface area contributed by atoms with Crippen LogP contribution in [0.1, 0.15) is 69.4 Å². The lowest BCUT2D eigenvalue weighted by molar-refractivity contribution is -0.151. The van der Waals surface area contributed by atoms with Crippen molar-refractivity contribution in [3.8, 4) is 12.1 Å². The fourth-order valence-electron chi connectivity index (χ4n) is 6.85. The zero-order valence-corrected chi connectivity index (χ0v) is 17.4. The summed E-state index contributed by atoms with van der Waals surface area (Å²) >= 11 is 0. The van der Waals surface area contributed by atoms with Crippen LogP contribution in [-0.4, -0.2) is 16.0 Å². The quantitative estimate of drug-likeness (QED) is 0.590. The van der Waals surface area contributed by atoms with E-state index < -0.39 is 22.8 Å². The maximum absolute atomic E-state index is 13.7. The van der Waals surface area contributed by atoms with Crippen LogP contribution in [0.5, 0.6) is 0 Å². The molecule has 1 aromatic rings. The molecule has 0 unspecified atom stereocenters. The molecule has 160 valence electrons. The number of alkyl halides is 3. The van der Waals surface area contributed by atoms with Crippen LogP contribution in [0.25, 0.3) is 0 Å². The van der Waals surface area contributed by atoms with Crippen LogP contribution in [-0.2, 0) is 12.7 Å². The largest absolute Gasteiger partial charge is 0.416 e. The molecule has 3 fully saturated rings. The number of benzene rings is 1. The Balaban J connectivity index is 1.88. The lowest BCUT2D eigenvalue weighted by Crippen LogP contribution is -2.72. The van der Waals surface area contributed by atoms with Crippen LogP contribution in [0.2, 0.25) is 0 Å². The van der Waals surface area contributed by atoms with Crippen molar-refractivity contribution in [2.24, 2.45) is 17.8 Å². The Kier molecular flexibility index (Phi) is 5.35. The van der Waals surface area contributed by atoms with Crippen LogP contribution in [0, 0.1) is 40.4 Å². The molecule has 0 N–H and O–H groups in total. The van der Waals surface area contributed by atoms with Gasteiger partial charge in [0, 0.05) is 6.54 Å². The van der Waals surface area contributed by atoms with E-state index in [9.17, 15) is 23.7 Å². The van der Waals surface area contributed by atoms with Gasteiger partial charge < -0.3 is 0 Å². The Morgan fingerprint density at radius 3 is 2.00 bits per heavy atom. The summed E-state index contributed by atoms with van der Waals surface area (Å²) in [6.45, 7) is 2.17. The number of hydrogen-bond donors (Lipinski definition) is 0. The second-order valence-corrected chi connectivity index (χ2v) is 9.38. The Morgan fingerprint density at radius 1 is 0.967 bits per heavy atom. The van der Waals surface area contributed by atoms with Crippen LogP contribution < -0.4 is 0 Å². The summed E-state index contributed by atoms with van der Waals surface area (Å²) in [6.07, 6.45) is 2.44. The normalized spacial score (nSPS) is 36.8. The van der Waals surface area contributed by atoms with Gasteiger partial charge >= 0.3 is 6.18 Å². The minimum atomic E-state index is -4.46. The molecule has 0 aromatic heterocycles. The Hall–Kier alpha value is -2.05. The molecule has 3 aliphatic rings. The predicted molar refractivity (Wildman–Crippen MR) is 107 cm³/mol. The van der Waals surface area contributed by atoms with Gasteiger partial charge in [0.05, 0.1) is 17.7 Å². The van der Waals surface area contributed by atoms with Gasteiger partial charge in [-0.1, -0.05) is 50.8 Å². The summed E-state index contributed by atoms with van der Waals surface area (Å²) in [6, 6.07) is 10.8. The standard InChI is InChI=1S/C24H28F3N3/c1-17-19-9-4-6-12-22(19,15-28)30(23(16-29)13-7-5-10-20(17)23)14-18-8-2-3-11-21(18)24(25,26)27/h2-3,8,11,17,19-20H,4-7,9-10,12-14H2,1H3/t19-,20-,22+,23+/m0/s1. The topological polar surface area (TPSA) is 50.8 Å². The third kappa shape index (κ3) is 3.04. The summed E-state index contributed by atoms with van der Waals surface area (Å²) < 4.78 is 41.2. The van der Waals surface area contributed by atoms with Gasteiger partial charge in [0.25, 0.3) is 0 Å². The average molecular weight is 416 g/mol. The Labute approximate surface area is 176 Å². The van der Waals surface area contributed by atoms with Gasteiger partial charge in [0.2, 0.25) is 0 Å². The molecule has 4 atom stereocenters. The van der Waals surface area contributed by atoms with E-state index in [2.05, 4.69) is 19.1 Å². The van der Waals surface area contributed by atoms with E-state index in [1.165, 1.54) is 12.1 Å². The molecule has 30 heavy (non-hydrogen) atoms. The van der Waals surface area contributed by atoms with Crippen molar-refractivity contribution in [3.63, 3.8) is 0 Å². The second-order valence-electron chi connectivity index (χ2n) is 9.38. The van der Waals surface area contributed by atoms with Crippen molar-refractivity contribution in [1.29, 1.82) is 10.5 Å². The van der Waals surface area contributed by atoms with E-state index in [1.54, 1.807) is 6.07 Å². The molecular formula is C24H28F3N3. The molecule has 1 aromatic carbocycles. The summed E-state index contributed by atoms with van der Waals surface area (Å²) in [4.78, 5) is 1.94. The van der Waals surface area contributed by atoms with Gasteiger partial charge in [-0.3, -0.25) is 4.90 Å². The minimum absolute atomic E-state index is 0.00345. The van der Waals surface area contributed by atoms with Gasteiger partial charge in [-0.25, -0.2) is 0 Å². The summed E-state index contributed by atoms with van der Waals surface area (Å²) in [7, 11) is 0. The highest BCUT2D eigenvalue weighted by molar-refractivity contribution is 5.34. The Bertz CT molecular complexity index is 841. The van der Waals surface area contributed by atoms with E-state index >= 15 is 0 Å². The van der Waals surface area contributed by atoms with Crippen LogP contribution in [0.4, 0.5) is 13.2 Å². The molecule has 1 heterocycles. The molecule has 6 heteroatoms. The fourth-order valence-corrected chi connectivity index (χ4v) is 6.85. The smallest absolute Gasteiger partial charge is 0.262 e. The molecule has 0 amide bonds. The number of nitriles is 2. The second kappa shape index (κ2) is 7.57. The van der Waals surface area contributed by atoms with Crippen molar-refractivity contribution in [2.45, 2.75) is 82.1 Å². The number of halogens is 3. The van der Waals surface area contributed by atoms with Crippen LogP contribution >= 0.6 is 0 Å². The first-order valence-electron chi connectivity index (χ1n) is 11.1. The highest BCUT2D eigenvalue weighted by Crippen LogP contribution is 2.58. The van der Waals surface area contributed by atoms with Gasteiger partial charge in [0.15, 0.2) is 0 Å². The third-order valence-electron chi connectivity index (χ3n) is 8.14. The van der Waals surface area contributed by atoms with Crippen molar-refractivity contribution in [3.05, 3.63) is 35.4 Å². The maximum atomic E-state index is 13.7. The summed E-state index contributed by atoms with van der Waals surface area (Å²) in [5.41, 5.74) is -2.25. The van der Waals surface area contributed by atoms with E-state index in [1.807, 2.05) is 4.90 Å². The molecule has 2 saturated carbocycles. The molecule has 0 bridgehead atoms. The molecule has 4 rings (SSSR count). The number of nitrogens with zero attached hydrogens (tertiary/aromatic N) is 3. The van der Waals surface area contributed by atoms with Crippen LogP contribution in [0.15, 0.2) is 24.3 Å². The Morgan fingerprint density at radius 2 is 1.50 bits per heavy atom. The molecule has 3 nitrogen and oxygen atoms in total. The van der Waals surface area contributed by atoms with Gasteiger partial charge in [-0.05, 0) is 55.1 Å². The molecular weight excluding hydrogens is 387 g/mol. The zero-order chi connectivity index (χ0) is 21.6. The van der Waals surface area contributed by atoms with Gasteiger partial charge in [0.1, 0.15) is 11.1 Å².